The van der Waals surface area contributed by atoms with Gasteiger partial charge in [-0.25, -0.2) is 0 Å². The van der Waals surface area contributed by atoms with Gasteiger partial charge in [0.05, 0.1) is 0 Å². The molecule has 0 fully saturated rings. The number of hydrogen-bond donors (Lipinski definition) is 3. The molecule has 0 aliphatic rings. The summed E-state index contributed by atoms with van der Waals surface area (Å²) in [5.74, 6) is -3.03. The molecule has 0 bridgehead atoms. The largest absolute Gasteiger partial charge is 0.343 e. The van der Waals surface area contributed by atoms with Crippen molar-refractivity contribution in [1.29, 1.82) is 0 Å². The van der Waals surface area contributed by atoms with Crippen LogP contribution in [-0.4, -0.2) is 21.3 Å². The van der Waals surface area contributed by atoms with Gasteiger partial charge in [0, 0.05) is 5.92 Å². The van der Waals surface area contributed by atoms with Gasteiger partial charge in [0.2, 0.25) is 0 Å². The van der Waals surface area contributed by atoms with Crippen LogP contribution in [0.25, 0.3) is 0 Å². The van der Waals surface area contributed by atoms with Crippen LogP contribution in [0, 0.1) is 5.92 Å². The van der Waals surface area contributed by atoms with E-state index in [0.29, 0.717) is 0 Å². The molecule has 0 saturated heterocycles. The molecule has 0 aromatic heterocycles. The molecule has 0 atom stereocenters. The summed E-state index contributed by atoms with van der Waals surface area (Å²) in [5, 5.41) is 24.6. The fourth-order valence-electron chi connectivity index (χ4n) is 0. The molecule has 0 unspecified atom stereocenters. The maximum atomic E-state index is 8.21. The van der Waals surface area contributed by atoms with E-state index in [1.165, 1.54) is 13.8 Å². The Bertz CT molecular complexity index is 52.4. The highest BCUT2D eigenvalue weighted by Gasteiger charge is 2.22. The number of aliphatic hydroxyl groups is 3. The van der Waals surface area contributed by atoms with E-state index in [9.17, 15) is 0 Å². The standard InChI is InChI=1S/C4H10O3/c1-3(2)4(5,6)7/h3,5-7H,1-2H3. The van der Waals surface area contributed by atoms with Crippen molar-refractivity contribution in [1.82, 2.24) is 0 Å². The molecule has 3 nitrogen and oxygen atoms in total. The Kier molecular flexibility index (Phi) is 1.75. The van der Waals surface area contributed by atoms with E-state index in [4.69, 9.17) is 15.3 Å². The van der Waals surface area contributed by atoms with Crippen LogP contribution < -0.4 is 0 Å². The van der Waals surface area contributed by atoms with Crippen LogP contribution in [0.3, 0.4) is 0 Å². The van der Waals surface area contributed by atoms with Crippen LogP contribution in [0.1, 0.15) is 13.8 Å². The van der Waals surface area contributed by atoms with Gasteiger partial charge in [0.1, 0.15) is 0 Å². The van der Waals surface area contributed by atoms with Crippen molar-refractivity contribution in [2.45, 2.75) is 19.8 Å². The number of hydrogen-bond acceptors (Lipinski definition) is 3. The second-order valence-corrected chi connectivity index (χ2v) is 1.84. The van der Waals surface area contributed by atoms with Gasteiger partial charge in [0.25, 0.3) is 5.97 Å². The zero-order valence-corrected chi connectivity index (χ0v) is 4.42. The summed E-state index contributed by atoms with van der Waals surface area (Å²) in [5.41, 5.74) is 0. The maximum Gasteiger partial charge on any atom is 0.277 e. The first-order valence-corrected chi connectivity index (χ1v) is 2.11. The van der Waals surface area contributed by atoms with E-state index in [-0.39, 0.29) is 0 Å². The summed E-state index contributed by atoms with van der Waals surface area (Å²) < 4.78 is 0. The lowest BCUT2D eigenvalue weighted by atomic mass is 10.2. The molecule has 0 rings (SSSR count). The molecule has 0 aromatic carbocycles. The van der Waals surface area contributed by atoms with Crippen molar-refractivity contribution in [3.05, 3.63) is 0 Å². The van der Waals surface area contributed by atoms with Crippen LogP contribution in [-0.2, 0) is 0 Å². The molecule has 0 heterocycles. The minimum absolute atomic E-state index is 0.535. The maximum absolute atomic E-state index is 8.21. The van der Waals surface area contributed by atoms with Gasteiger partial charge in [-0.2, -0.15) is 0 Å². The third-order valence-corrected chi connectivity index (χ3v) is 0.775. The van der Waals surface area contributed by atoms with Crippen LogP contribution in [0.5, 0.6) is 0 Å². The van der Waals surface area contributed by atoms with Crippen molar-refractivity contribution in [2.24, 2.45) is 5.92 Å². The van der Waals surface area contributed by atoms with E-state index in [0.717, 1.165) is 0 Å². The Morgan fingerprint density at radius 3 is 1.29 bits per heavy atom. The third kappa shape index (κ3) is 2.56. The van der Waals surface area contributed by atoms with Crippen LogP contribution in [0.2, 0.25) is 0 Å². The highest BCUT2D eigenvalue weighted by Crippen LogP contribution is 2.06. The summed E-state index contributed by atoms with van der Waals surface area (Å²) in [7, 11) is 0. The molecule has 0 aliphatic heterocycles. The van der Waals surface area contributed by atoms with Crippen LogP contribution >= 0.6 is 0 Å². The Hall–Kier alpha value is -0.120. The molecule has 0 spiro atoms. The smallest absolute Gasteiger partial charge is 0.277 e. The predicted octanol–water partition coefficient (Wildman–Crippen LogP) is -0.727. The molecular weight excluding hydrogens is 96.0 g/mol. The topological polar surface area (TPSA) is 60.7 Å². The molecular formula is C4H10O3. The minimum Gasteiger partial charge on any atom is -0.343 e. The normalized spacial score (nSPS) is 12.9. The summed E-state index contributed by atoms with van der Waals surface area (Å²) in [4.78, 5) is 0. The lowest BCUT2D eigenvalue weighted by molar-refractivity contribution is -0.335. The summed E-state index contributed by atoms with van der Waals surface area (Å²) in [6.07, 6.45) is 0. The van der Waals surface area contributed by atoms with Gasteiger partial charge >= 0.3 is 0 Å². The van der Waals surface area contributed by atoms with Gasteiger partial charge in [-0.3, -0.25) is 0 Å². The lowest BCUT2D eigenvalue weighted by Crippen LogP contribution is -2.33. The first-order valence-electron chi connectivity index (χ1n) is 2.11. The van der Waals surface area contributed by atoms with Gasteiger partial charge in [0.15, 0.2) is 0 Å². The van der Waals surface area contributed by atoms with E-state index < -0.39 is 11.9 Å². The second-order valence-electron chi connectivity index (χ2n) is 1.84. The Morgan fingerprint density at radius 2 is 1.29 bits per heavy atom. The summed E-state index contributed by atoms with van der Waals surface area (Å²) in [6.45, 7) is 3.00. The van der Waals surface area contributed by atoms with Gasteiger partial charge < -0.3 is 15.3 Å². The fraction of sp³-hybridized carbons (Fsp3) is 1.00. The second kappa shape index (κ2) is 1.78. The van der Waals surface area contributed by atoms with Gasteiger partial charge in [-0.05, 0) is 0 Å². The van der Waals surface area contributed by atoms with Crippen molar-refractivity contribution in [3.63, 3.8) is 0 Å². The lowest BCUT2D eigenvalue weighted by Gasteiger charge is -2.16. The van der Waals surface area contributed by atoms with Crippen LogP contribution in [0.4, 0.5) is 0 Å². The summed E-state index contributed by atoms with van der Waals surface area (Å²) >= 11 is 0. The van der Waals surface area contributed by atoms with Crippen molar-refractivity contribution in [3.8, 4) is 0 Å². The molecule has 3 heteroatoms. The van der Waals surface area contributed by atoms with Crippen molar-refractivity contribution in [2.75, 3.05) is 0 Å². The third-order valence-electron chi connectivity index (χ3n) is 0.775. The Balaban J connectivity index is 3.54. The van der Waals surface area contributed by atoms with Crippen LogP contribution in [0.15, 0.2) is 0 Å². The fourth-order valence-corrected chi connectivity index (χ4v) is 0. The average molecular weight is 106 g/mol. The first kappa shape index (κ1) is 6.88. The Morgan fingerprint density at radius 1 is 1.14 bits per heavy atom. The molecule has 44 valence electrons. The van der Waals surface area contributed by atoms with Gasteiger partial charge in [-0.15, -0.1) is 0 Å². The van der Waals surface area contributed by atoms with Crippen molar-refractivity contribution >= 4 is 0 Å². The summed E-state index contributed by atoms with van der Waals surface area (Å²) in [6, 6.07) is 0. The van der Waals surface area contributed by atoms with E-state index in [1.807, 2.05) is 0 Å². The molecule has 0 amide bonds. The number of rotatable bonds is 1. The monoisotopic (exact) mass is 106 g/mol. The molecule has 0 saturated carbocycles. The Labute approximate surface area is 42.2 Å². The quantitative estimate of drug-likeness (QED) is 0.386. The van der Waals surface area contributed by atoms with E-state index in [2.05, 4.69) is 0 Å². The zero-order chi connectivity index (χ0) is 6.08. The zero-order valence-electron chi connectivity index (χ0n) is 4.42. The van der Waals surface area contributed by atoms with E-state index >= 15 is 0 Å². The molecule has 0 aliphatic carbocycles. The molecule has 3 N–H and O–H groups in total. The minimum atomic E-state index is -2.50. The predicted molar refractivity (Wildman–Crippen MR) is 24.2 cm³/mol. The first-order chi connectivity index (χ1) is 2.94. The van der Waals surface area contributed by atoms with Gasteiger partial charge in [-0.1, -0.05) is 13.8 Å². The average Bonchev–Trinajstić information content (AvgIpc) is 1.31. The SMILES string of the molecule is CC(C)C(O)(O)O. The highest BCUT2D eigenvalue weighted by molar-refractivity contribution is 4.50. The molecule has 7 heavy (non-hydrogen) atoms. The molecule has 0 radical (unpaired) electrons. The highest BCUT2D eigenvalue weighted by atomic mass is 16.7. The molecule has 0 aromatic rings. The van der Waals surface area contributed by atoms with E-state index in [1.54, 1.807) is 0 Å². The van der Waals surface area contributed by atoms with Crippen molar-refractivity contribution < 1.29 is 15.3 Å².